The number of rotatable bonds is 5. The van der Waals surface area contributed by atoms with Crippen molar-refractivity contribution in [1.29, 1.82) is 5.26 Å². The molecule has 7 nitrogen and oxygen atoms in total. The summed E-state index contributed by atoms with van der Waals surface area (Å²) in [6.45, 7) is 1.24. The third-order valence-corrected chi connectivity index (χ3v) is 6.57. The molecule has 3 saturated heterocycles. The summed E-state index contributed by atoms with van der Waals surface area (Å²) in [5, 5.41) is 9.43. The van der Waals surface area contributed by atoms with Crippen LogP contribution in [0.3, 0.4) is 0 Å². The van der Waals surface area contributed by atoms with Crippen LogP contribution in [0.5, 0.6) is 0 Å². The third-order valence-electron chi connectivity index (χ3n) is 6.57. The lowest BCUT2D eigenvalue weighted by atomic mass is 9.91. The van der Waals surface area contributed by atoms with Crippen LogP contribution < -0.4 is 4.90 Å². The maximum Gasteiger partial charge on any atom is 0.248 e. The molecule has 0 spiro atoms. The van der Waals surface area contributed by atoms with Gasteiger partial charge in [0.1, 0.15) is 24.1 Å². The Hall–Kier alpha value is -3.09. The number of halogens is 2. The summed E-state index contributed by atoms with van der Waals surface area (Å²) in [5.74, 6) is -1.37. The Bertz CT molecular complexity index is 1070. The highest BCUT2D eigenvalue weighted by molar-refractivity contribution is 5.78. The van der Waals surface area contributed by atoms with Crippen LogP contribution in [0.2, 0.25) is 0 Å². The minimum Gasteiger partial charge on any atom is -0.375 e. The van der Waals surface area contributed by atoms with Gasteiger partial charge < -0.3 is 19.3 Å². The molecule has 2 unspecified atom stereocenters. The summed E-state index contributed by atoms with van der Waals surface area (Å²) >= 11 is 0. The number of anilines is 1. The summed E-state index contributed by atoms with van der Waals surface area (Å²) in [4.78, 5) is 21.3. The van der Waals surface area contributed by atoms with E-state index in [2.05, 4.69) is 16.0 Å². The van der Waals surface area contributed by atoms with Crippen LogP contribution in [0.1, 0.15) is 24.0 Å². The molecule has 0 radical (unpaired) electrons. The van der Waals surface area contributed by atoms with Crippen molar-refractivity contribution in [3.8, 4) is 6.07 Å². The summed E-state index contributed by atoms with van der Waals surface area (Å²) in [6.07, 6.45) is 3.52. The fourth-order valence-electron chi connectivity index (χ4n) is 4.83. The van der Waals surface area contributed by atoms with Gasteiger partial charge in [-0.1, -0.05) is 6.07 Å². The lowest BCUT2D eigenvalue weighted by molar-refractivity contribution is -0.218. The quantitative estimate of drug-likeness (QED) is 0.710. The lowest BCUT2D eigenvalue weighted by Gasteiger charge is -2.44. The summed E-state index contributed by atoms with van der Waals surface area (Å²) in [7, 11) is 0. The van der Waals surface area contributed by atoms with E-state index in [0.717, 1.165) is 25.0 Å². The molecule has 5 rings (SSSR count). The number of fused-ring (bicyclic) bond motifs is 2. The Morgan fingerprint density at radius 3 is 2.59 bits per heavy atom. The van der Waals surface area contributed by atoms with E-state index in [9.17, 15) is 18.8 Å². The average Bonchev–Trinajstić information content (AvgIpc) is 3.03. The number of benzene rings is 1. The number of carbonyl (C=O) groups is 1. The number of pyridine rings is 1. The first-order valence-electron chi connectivity index (χ1n) is 10.6. The Morgan fingerprint density at radius 2 is 1.97 bits per heavy atom. The highest BCUT2D eigenvalue weighted by atomic mass is 19.2. The number of hydrogen-bond acceptors (Lipinski definition) is 6. The van der Waals surface area contributed by atoms with Crippen molar-refractivity contribution in [3.05, 3.63) is 59.3 Å². The zero-order chi connectivity index (χ0) is 22.3. The van der Waals surface area contributed by atoms with E-state index in [1.807, 2.05) is 0 Å². The van der Waals surface area contributed by atoms with E-state index in [1.54, 1.807) is 23.2 Å². The highest BCUT2D eigenvalue weighted by Crippen LogP contribution is 2.37. The fraction of sp³-hybridized carbons (Fsp3) is 0.435. The summed E-state index contributed by atoms with van der Waals surface area (Å²) in [5.41, 5.74) is 0.0474. The van der Waals surface area contributed by atoms with E-state index in [-0.39, 0.29) is 37.8 Å². The second-order valence-corrected chi connectivity index (χ2v) is 8.48. The molecule has 0 aliphatic carbocycles. The number of ether oxygens (including phenoxy) is 2. The number of likely N-dealkylation sites (tertiary alicyclic amines) is 1. The van der Waals surface area contributed by atoms with Gasteiger partial charge in [-0.15, -0.1) is 0 Å². The Labute approximate surface area is 184 Å². The van der Waals surface area contributed by atoms with E-state index in [0.29, 0.717) is 30.0 Å². The molecule has 9 heteroatoms. The Balaban J connectivity index is 1.26. The number of aromatic nitrogens is 1. The third kappa shape index (κ3) is 3.49. The molecule has 0 saturated carbocycles. The lowest BCUT2D eigenvalue weighted by Crippen LogP contribution is -2.57. The van der Waals surface area contributed by atoms with Crippen LogP contribution in [-0.4, -0.2) is 60.8 Å². The van der Waals surface area contributed by atoms with Gasteiger partial charge in [0.2, 0.25) is 5.91 Å². The molecule has 1 amide bonds. The van der Waals surface area contributed by atoms with Gasteiger partial charge in [-0.25, -0.2) is 13.8 Å². The SMILES string of the molecule is N#Cc1cccnc1N1C2CCC1CN(C(=O)COC1(c3ccc(F)c(F)c3)COC1)C2. The Morgan fingerprint density at radius 1 is 1.22 bits per heavy atom. The number of nitriles is 1. The molecule has 3 aliphatic heterocycles. The summed E-state index contributed by atoms with van der Waals surface area (Å²) < 4.78 is 38.2. The molecule has 1 aromatic heterocycles. The predicted octanol–water partition coefficient (Wildman–Crippen LogP) is 2.35. The number of amides is 1. The van der Waals surface area contributed by atoms with Crippen molar-refractivity contribution < 1.29 is 23.0 Å². The molecule has 2 aromatic rings. The smallest absolute Gasteiger partial charge is 0.248 e. The van der Waals surface area contributed by atoms with E-state index >= 15 is 0 Å². The maximum atomic E-state index is 13.7. The first-order chi connectivity index (χ1) is 15.5. The van der Waals surface area contributed by atoms with Crippen LogP contribution in [-0.2, 0) is 19.9 Å². The highest BCUT2D eigenvalue weighted by Gasteiger charge is 2.45. The van der Waals surface area contributed by atoms with Crippen LogP contribution in [0.15, 0.2) is 36.5 Å². The first kappa shape index (κ1) is 20.8. The van der Waals surface area contributed by atoms with Crippen molar-refractivity contribution in [2.75, 3.05) is 37.8 Å². The van der Waals surface area contributed by atoms with Crippen LogP contribution in [0, 0.1) is 23.0 Å². The molecule has 166 valence electrons. The molecule has 3 aliphatic rings. The zero-order valence-corrected chi connectivity index (χ0v) is 17.3. The monoisotopic (exact) mass is 440 g/mol. The molecule has 2 bridgehead atoms. The second kappa shape index (κ2) is 8.11. The van der Waals surface area contributed by atoms with E-state index in [4.69, 9.17) is 9.47 Å². The van der Waals surface area contributed by atoms with Crippen molar-refractivity contribution in [3.63, 3.8) is 0 Å². The van der Waals surface area contributed by atoms with Gasteiger partial charge >= 0.3 is 0 Å². The standard InChI is InChI=1S/C23H22F2N4O3/c24-19-6-3-16(8-20(19)25)23(13-31-14-23)32-12-21(30)28-10-17-4-5-18(11-28)29(17)22-15(9-26)2-1-7-27-22/h1-3,6-8,17-18H,4-5,10-14H2. The van der Waals surface area contributed by atoms with Crippen molar-refractivity contribution in [1.82, 2.24) is 9.88 Å². The number of hydrogen-bond donors (Lipinski definition) is 0. The molecule has 0 N–H and O–H groups in total. The van der Waals surface area contributed by atoms with Crippen molar-refractivity contribution in [2.24, 2.45) is 0 Å². The van der Waals surface area contributed by atoms with Gasteiger partial charge in [0, 0.05) is 31.4 Å². The van der Waals surface area contributed by atoms with Crippen LogP contribution in [0.4, 0.5) is 14.6 Å². The molecule has 4 heterocycles. The molecular formula is C23H22F2N4O3. The summed E-state index contributed by atoms with van der Waals surface area (Å²) in [6, 6.07) is 9.50. The van der Waals surface area contributed by atoms with Gasteiger partial charge in [-0.3, -0.25) is 4.79 Å². The minimum absolute atomic E-state index is 0.0897. The van der Waals surface area contributed by atoms with E-state index in [1.165, 1.54) is 6.07 Å². The molecular weight excluding hydrogens is 418 g/mol. The molecule has 2 atom stereocenters. The number of carbonyl (C=O) groups excluding carboxylic acids is 1. The largest absolute Gasteiger partial charge is 0.375 e. The molecule has 3 fully saturated rings. The predicted molar refractivity (Wildman–Crippen MR) is 110 cm³/mol. The Kier molecular flexibility index (Phi) is 5.27. The average molecular weight is 440 g/mol. The second-order valence-electron chi connectivity index (χ2n) is 8.48. The number of piperazine rings is 1. The number of nitrogens with zero attached hydrogens (tertiary/aromatic N) is 4. The normalized spacial score (nSPS) is 23.5. The minimum atomic E-state index is -0.956. The van der Waals surface area contributed by atoms with Crippen molar-refractivity contribution in [2.45, 2.75) is 30.5 Å². The molecule has 1 aromatic carbocycles. The van der Waals surface area contributed by atoms with Gasteiger partial charge in [0.25, 0.3) is 0 Å². The van der Waals surface area contributed by atoms with Gasteiger partial charge in [-0.2, -0.15) is 5.26 Å². The maximum absolute atomic E-state index is 13.7. The first-order valence-corrected chi connectivity index (χ1v) is 10.6. The van der Waals surface area contributed by atoms with E-state index < -0.39 is 17.2 Å². The van der Waals surface area contributed by atoms with Gasteiger partial charge in [0.05, 0.1) is 18.8 Å². The van der Waals surface area contributed by atoms with Gasteiger partial charge in [0.15, 0.2) is 11.6 Å². The fourth-order valence-corrected chi connectivity index (χ4v) is 4.83. The zero-order valence-electron chi connectivity index (χ0n) is 17.3. The van der Waals surface area contributed by atoms with Gasteiger partial charge in [-0.05, 0) is 42.7 Å². The molecule has 32 heavy (non-hydrogen) atoms. The van der Waals surface area contributed by atoms with Crippen molar-refractivity contribution >= 4 is 11.7 Å². The van der Waals surface area contributed by atoms with Crippen LogP contribution >= 0.6 is 0 Å². The topological polar surface area (TPSA) is 78.7 Å². The van der Waals surface area contributed by atoms with Crippen LogP contribution in [0.25, 0.3) is 0 Å².